The maximum atomic E-state index is 15.4. The van der Waals surface area contributed by atoms with Gasteiger partial charge in [-0.2, -0.15) is 26.3 Å². The molecule has 0 atom stereocenters. The molecule has 0 aliphatic carbocycles. The first-order valence-corrected chi connectivity index (χ1v) is 21.2. The van der Waals surface area contributed by atoms with Gasteiger partial charge in [0.15, 0.2) is 23.3 Å². The summed E-state index contributed by atoms with van der Waals surface area (Å²) in [5, 5.41) is 0. The SMILES string of the molecule is C=C(C)C(=O)OCCCCCCOc1ccc(C(=O)Oc2c(F)cc(C(c3cc(F)c(OC(=O)c4ccc(OCCCCCCOC(=O)C(=C)C)cc4)c(F)c3)(C(F)(F)F)C(F)(F)F)cc2F)cc1. The molecule has 0 aromatic heterocycles. The topological polar surface area (TPSA) is 124 Å². The average molecular weight is 985 g/mol. The molecule has 0 saturated carbocycles. The first-order valence-electron chi connectivity index (χ1n) is 21.2. The van der Waals surface area contributed by atoms with Crippen molar-refractivity contribution >= 4 is 23.9 Å². The first kappa shape index (κ1) is 54.7. The van der Waals surface area contributed by atoms with Crippen LogP contribution < -0.4 is 18.9 Å². The Morgan fingerprint density at radius 3 is 1.03 bits per heavy atom. The van der Waals surface area contributed by atoms with Crippen molar-refractivity contribution < 1.29 is 91.5 Å². The number of hydrogen-bond acceptors (Lipinski definition) is 10. The molecular weight excluding hydrogens is 939 g/mol. The molecular formula is C49H46F10O10. The quantitative estimate of drug-likeness (QED) is 0.0220. The number of rotatable bonds is 24. The number of hydrogen-bond donors (Lipinski definition) is 0. The molecule has 0 aliphatic heterocycles. The fourth-order valence-corrected chi connectivity index (χ4v) is 6.48. The number of esters is 4. The number of benzene rings is 4. The van der Waals surface area contributed by atoms with Crippen molar-refractivity contribution in [3.05, 3.63) is 143 Å². The van der Waals surface area contributed by atoms with Gasteiger partial charge in [-0.05, 0) is 149 Å². The largest absolute Gasteiger partial charge is 0.494 e. The fourth-order valence-electron chi connectivity index (χ4n) is 6.48. The highest BCUT2D eigenvalue weighted by Gasteiger charge is 2.73. The number of alkyl halides is 6. The first-order chi connectivity index (χ1) is 32.5. The van der Waals surface area contributed by atoms with Crippen LogP contribution in [0.5, 0.6) is 23.0 Å². The Morgan fingerprint density at radius 2 is 0.754 bits per heavy atom. The second kappa shape index (κ2) is 24.4. The third kappa shape index (κ3) is 14.6. The Kier molecular flexibility index (Phi) is 19.4. The molecule has 20 heteroatoms. The normalized spacial score (nSPS) is 11.7. The van der Waals surface area contributed by atoms with Crippen molar-refractivity contribution in [3.8, 4) is 23.0 Å². The smallest absolute Gasteiger partial charge is 0.411 e. The Hall–Kier alpha value is -6.86. The van der Waals surface area contributed by atoms with E-state index in [2.05, 4.69) is 22.6 Å². The lowest BCUT2D eigenvalue weighted by Gasteiger charge is -2.38. The van der Waals surface area contributed by atoms with Crippen LogP contribution in [0.1, 0.15) is 97.1 Å². The molecule has 0 unspecified atom stereocenters. The van der Waals surface area contributed by atoms with Gasteiger partial charge in [-0.3, -0.25) is 0 Å². The number of unbranched alkanes of at least 4 members (excludes halogenated alkanes) is 6. The number of halogens is 10. The van der Waals surface area contributed by atoms with Gasteiger partial charge in [0.25, 0.3) is 0 Å². The van der Waals surface area contributed by atoms with Gasteiger partial charge in [0.2, 0.25) is 16.9 Å². The van der Waals surface area contributed by atoms with Crippen LogP contribution in [0.2, 0.25) is 0 Å². The van der Waals surface area contributed by atoms with Crippen molar-refractivity contribution in [1.29, 1.82) is 0 Å². The zero-order chi connectivity index (χ0) is 51.1. The summed E-state index contributed by atoms with van der Waals surface area (Å²) in [6.07, 6.45) is -7.91. The van der Waals surface area contributed by atoms with E-state index in [0.29, 0.717) is 38.5 Å². The summed E-state index contributed by atoms with van der Waals surface area (Å²) in [6.45, 7) is 10.9. The van der Waals surface area contributed by atoms with Gasteiger partial charge in [-0.15, -0.1) is 0 Å². The lowest BCUT2D eigenvalue weighted by molar-refractivity contribution is -0.288. The van der Waals surface area contributed by atoms with E-state index >= 15 is 17.6 Å². The second-order valence-electron chi connectivity index (χ2n) is 15.5. The van der Waals surface area contributed by atoms with Gasteiger partial charge in [0.05, 0.1) is 37.6 Å². The zero-order valence-electron chi connectivity index (χ0n) is 37.2. The number of ether oxygens (including phenoxy) is 6. The Bertz CT molecular complexity index is 2250. The summed E-state index contributed by atoms with van der Waals surface area (Å²) < 4.78 is 181. The van der Waals surface area contributed by atoms with Crippen LogP contribution in [-0.4, -0.2) is 62.7 Å². The van der Waals surface area contributed by atoms with Gasteiger partial charge in [0.1, 0.15) is 11.5 Å². The van der Waals surface area contributed by atoms with Crippen molar-refractivity contribution in [2.75, 3.05) is 26.4 Å². The van der Waals surface area contributed by atoms with E-state index in [1.807, 2.05) is 0 Å². The standard InChI is InChI=1S/C49H46F10O10/c1-29(2)43(60)66-23-11-7-5-9-21-64-35-17-13-31(14-18-35)45(62)68-41-37(50)25-33(26-38(41)51)47(48(54,55)56,49(57,58)59)34-27-39(52)42(40(53)28-34)69-46(63)32-15-19-36(20-16-32)65-22-10-6-8-12-24-67-44(61)30(3)4/h13-20,25-28H,1,3,5-12,21-24H2,2,4H3. The van der Waals surface area contributed by atoms with E-state index in [1.54, 1.807) is 0 Å². The molecule has 0 N–H and O–H groups in total. The van der Waals surface area contributed by atoms with E-state index in [9.17, 15) is 45.5 Å². The third-order valence-corrected chi connectivity index (χ3v) is 10.1. The zero-order valence-corrected chi connectivity index (χ0v) is 37.2. The molecule has 0 bridgehead atoms. The Morgan fingerprint density at radius 1 is 0.464 bits per heavy atom. The molecule has 10 nitrogen and oxygen atoms in total. The van der Waals surface area contributed by atoms with E-state index in [0.717, 1.165) is 37.1 Å². The highest BCUT2D eigenvalue weighted by atomic mass is 19.4. The van der Waals surface area contributed by atoms with Crippen LogP contribution in [0.3, 0.4) is 0 Å². The van der Waals surface area contributed by atoms with Crippen LogP contribution in [-0.2, 0) is 24.5 Å². The minimum atomic E-state index is -6.60. The third-order valence-electron chi connectivity index (χ3n) is 10.1. The monoisotopic (exact) mass is 984 g/mol. The van der Waals surface area contributed by atoms with Crippen LogP contribution in [0.4, 0.5) is 43.9 Å². The summed E-state index contributed by atoms with van der Waals surface area (Å²) in [6, 6.07) is 7.79. The minimum Gasteiger partial charge on any atom is -0.494 e. The van der Waals surface area contributed by atoms with Crippen LogP contribution in [0.25, 0.3) is 0 Å². The molecule has 4 aromatic carbocycles. The molecule has 0 amide bonds. The molecule has 4 rings (SSSR count). The number of carbonyl (C=O) groups excluding carboxylic acids is 4. The summed E-state index contributed by atoms with van der Waals surface area (Å²) in [5.74, 6) is -15.7. The summed E-state index contributed by atoms with van der Waals surface area (Å²) >= 11 is 0. The molecule has 69 heavy (non-hydrogen) atoms. The lowest BCUT2D eigenvalue weighted by atomic mass is 9.72. The molecule has 0 aliphatic rings. The van der Waals surface area contributed by atoms with Crippen LogP contribution in [0, 0.1) is 23.3 Å². The van der Waals surface area contributed by atoms with E-state index < -0.39 is 112 Å². The molecule has 0 fully saturated rings. The fraction of sp³-hybridized carbons (Fsp3) is 0.347. The van der Waals surface area contributed by atoms with Gasteiger partial charge in [-0.1, -0.05) is 13.2 Å². The highest BCUT2D eigenvalue weighted by Crippen LogP contribution is 2.57. The Labute approximate surface area is 389 Å². The molecule has 0 radical (unpaired) electrons. The maximum Gasteiger partial charge on any atom is 0.411 e. The van der Waals surface area contributed by atoms with Crippen LogP contribution in [0.15, 0.2) is 97.1 Å². The van der Waals surface area contributed by atoms with Crippen molar-refractivity contribution in [2.45, 2.75) is 83.0 Å². The molecule has 0 heterocycles. The van der Waals surface area contributed by atoms with Gasteiger partial charge >= 0.3 is 36.2 Å². The molecule has 4 aromatic rings. The summed E-state index contributed by atoms with van der Waals surface area (Å²) in [4.78, 5) is 48.4. The summed E-state index contributed by atoms with van der Waals surface area (Å²) in [5.41, 5.74) is -10.1. The lowest BCUT2D eigenvalue weighted by Crippen LogP contribution is -2.55. The average Bonchev–Trinajstić information content (AvgIpc) is 3.27. The van der Waals surface area contributed by atoms with Crippen molar-refractivity contribution in [1.82, 2.24) is 0 Å². The van der Waals surface area contributed by atoms with Gasteiger partial charge < -0.3 is 28.4 Å². The molecule has 372 valence electrons. The van der Waals surface area contributed by atoms with Gasteiger partial charge in [-0.25, -0.2) is 36.7 Å². The maximum absolute atomic E-state index is 15.4. The van der Waals surface area contributed by atoms with Crippen LogP contribution >= 0.6 is 0 Å². The number of carbonyl (C=O) groups is 4. The Balaban J connectivity index is 1.43. The van der Waals surface area contributed by atoms with E-state index in [1.165, 1.54) is 38.1 Å². The predicted octanol–water partition coefficient (Wildman–Crippen LogP) is 12.2. The predicted molar refractivity (Wildman–Crippen MR) is 228 cm³/mol. The highest BCUT2D eigenvalue weighted by molar-refractivity contribution is 5.92. The second-order valence-corrected chi connectivity index (χ2v) is 15.5. The van der Waals surface area contributed by atoms with E-state index in [-0.39, 0.29) is 60.2 Å². The van der Waals surface area contributed by atoms with E-state index in [4.69, 9.17) is 18.9 Å². The summed E-state index contributed by atoms with van der Waals surface area (Å²) in [7, 11) is 0. The molecule has 0 saturated heterocycles. The molecule has 0 spiro atoms. The van der Waals surface area contributed by atoms with Crippen molar-refractivity contribution in [2.24, 2.45) is 0 Å². The van der Waals surface area contributed by atoms with Gasteiger partial charge in [0, 0.05) is 11.1 Å². The van der Waals surface area contributed by atoms with Crippen molar-refractivity contribution in [3.63, 3.8) is 0 Å². The minimum absolute atomic E-state index is 0.225.